The smallest absolute Gasteiger partial charge is 0.252 e. The number of para-hydroxylation sites is 1. The molecule has 0 atom stereocenters. The molecule has 146 valence electrons. The van der Waals surface area contributed by atoms with Crippen molar-refractivity contribution in [3.63, 3.8) is 0 Å². The van der Waals surface area contributed by atoms with Crippen molar-refractivity contribution in [2.45, 2.75) is 0 Å². The number of amides is 1. The summed E-state index contributed by atoms with van der Waals surface area (Å²) in [5, 5.41) is 15.0. The maximum atomic E-state index is 12.2. The SMILES string of the molecule is COc1ccc(OCCNC(=O)c2ccc(Nc3ccccc3C#N)nc2)cc1. The molecule has 0 radical (unpaired) electrons. The maximum absolute atomic E-state index is 12.2. The van der Waals surface area contributed by atoms with E-state index in [4.69, 9.17) is 14.7 Å². The molecule has 0 aliphatic rings. The summed E-state index contributed by atoms with van der Waals surface area (Å²) < 4.78 is 10.7. The molecule has 29 heavy (non-hydrogen) atoms. The molecule has 1 amide bonds. The molecule has 0 unspecified atom stereocenters. The summed E-state index contributed by atoms with van der Waals surface area (Å²) in [5.41, 5.74) is 1.62. The zero-order valence-electron chi connectivity index (χ0n) is 15.9. The van der Waals surface area contributed by atoms with Crippen LogP contribution in [0.15, 0.2) is 66.9 Å². The number of hydrogen-bond donors (Lipinski definition) is 2. The molecule has 7 nitrogen and oxygen atoms in total. The van der Waals surface area contributed by atoms with Gasteiger partial charge >= 0.3 is 0 Å². The lowest BCUT2D eigenvalue weighted by molar-refractivity contribution is 0.0946. The summed E-state index contributed by atoms with van der Waals surface area (Å²) in [6.45, 7) is 0.705. The molecule has 0 aliphatic carbocycles. The minimum atomic E-state index is -0.236. The minimum Gasteiger partial charge on any atom is -0.497 e. The van der Waals surface area contributed by atoms with Crippen LogP contribution in [0.25, 0.3) is 0 Å². The van der Waals surface area contributed by atoms with Crippen molar-refractivity contribution in [1.29, 1.82) is 5.26 Å². The van der Waals surface area contributed by atoms with Crippen molar-refractivity contribution in [2.24, 2.45) is 0 Å². The fourth-order valence-electron chi connectivity index (χ4n) is 2.54. The number of carbonyl (C=O) groups is 1. The van der Waals surface area contributed by atoms with Crippen molar-refractivity contribution in [2.75, 3.05) is 25.6 Å². The summed E-state index contributed by atoms with van der Waals surface area (Å²) in [7, 11) is 1.61. The number of methoxy groups -OCH3 is 1. The lowest BCUT2D eigenvalue weighted by Gasteiger charge is -2.09. The molecule has 2 N–H and O–H groups in total. The van der Waals surface area contributed by atoms with Crippen LogP contribution in [0, 0.1) is 11.3 Å². The van der Waals surface area contributed by atoms with E-state index in [1.807, 2.05) is 18.2 Å². The summed E-state index contributed by atoms with van der Waals surface area (Å²) in [4.78, 5) is 16.5. The highest BCUT2D eigenvalue weighted by molar-refractivity contribution is 5.94. The Morgan fingerprint density at radius 2 is 1.83 bits per heavy atom. The highest BCUT2D eigenvalue weighted by Gasteiger charge is 2.07. The van der Waals surface area contributed by atoms with Crippen molar-refractivity contribution in [3.05, 3.63) is 78.0 Å². The predicted molar refractivity (Wildman–Crippen MR) is 109 cm³/mol. The number of pyridine rings is 1. The molecular formula is C22H20N4O3. The molecule has 0 aliphatic heterocycles. The second-order valence-corrected chi connectivity index (χ2v) is 5.99. The van der Waals surface area contributed by atoms with E-state index in [0.29, 0.717) is 41.5 Å². The molecule has 0 fully saturated rings. The van der Waals surface area contributed by atoms with Gasteiger partial charge in [0.1, 0.15) is 30.0 Å². The van der Waals surface area contributed by atoms with Gasteiger partial charge in [-0.1, -0.05) is 12.1 Å². The largest absolute Gasteiger partial charge is 0.497 e. The van der Waals surface area contributed by atoms with Gasteiger partial charge in [-0.25, -0.2) is 4.98 Å². The third-order valence-corrected chi connectivity index (χ3v) is 4.05. The Bertz CT molecular complexity index is 996. The number of carbonyl (C=O) groups excluding carboxylic acids is 1. The number of nitrogens with one attached hydrogen (secondary N) is 2. The molecule has 0 bridgehead atoms. The number of anilines is 2. The normalized spacial score (nSPS) is 9.93. The summed E-state index contributed by atoms with van der Waals surface area (Å²) in [6.07, 6.45) is 1.48. The molecule has 0 saturated carbocycles. The van der Waals surface area contributed by atoms with E-state index in [2.05, 4.69) is 21.7 Å². The third-order valence-electron chi connectivity index (χ3n) is 4.05. The van der Waals surface area contributed by atoms with Gasteiger partial charge in [-0.2, -0.15) is 5.26 Å². The van der Waals surface area contributed by atoms with Crippen LogP contribution in [0.5, 0.6) is 11.5 Å². The van der Waals surface area contributed by atoms with Crippen molar-refractivity contribution in [3.8, 4) is 17.6 Å². The third kappa shape index (κ3) is 5.47. The number of aromatic nitrogens is 1. The molecule has 3 rings (SSSR count). The van der Waals surface area contributed by atoms with Crippen LogP contribution in [0.2, 0.25) is 0 Å². The number of nitrogens with zero attached hydrogens (tertiary/aromatic N) is 2. The van der Waals surface area contributed by atoms with Crippen LogP contribution in [-0.4, -0.2) is 31.2 Å². The van der Waals surface area contributed by atoms with Gasteiger partial charge in [-0.15, -0.1) is 0 Å². The van der Waals surface area contributed by atoms with E-state index in [1.54, 1.807) is 49.6 Å². The van der Waals surface area contributed by atoms with Gasteiger partial charge in [0.15, 0.2) is 0 Å². The van der Waals surface area contributed by atoms with Gasteiger partial charge in [0.2, 0.25) is 0 Å². The molecule has 2 aromatic carbocycles. The van der Waals surface area contributed by atoms with E-state index >= 15 is 0 Å². The minimum absolute atomic E-state index is 0.236. The Kier molecular flexibility index (Phi) is 6.63. The van der Waals surface area contributed by atoms with Gasteiger partial charge in [-0.3, -0.25) is 4.79 Å². The first-order valence-electron chi connectivity index (χ1n) is 8.97. The second kappa shape index (κ2) is 9.76. The number of ether oxygens (including phenoxy) is 2. The lowest BCUT2D eigenvalue weighted by Crippen LogP contribution is -2.28. The Labute approximate surface area is 168 Å². The molecular weight excluding hydrogens is 368 g/mol. The van der Waals surface area contributed by atoms with Crippen molar-refractivity contribution < 1.29 is 14.3 Å². The lowest BCUT2D eigenvalue weighted by atomic mass is 10.2. The Balaban J connectivity index is 1.48. The standard InChI is InChI=1S/C22H20N4O3/c1-28-18-7-9-19(10-8-18)29-13-12-24-22(27)17-6-11-21(25-15-17)26-20-5-3-2-4-16(20)14-23/h2-11,15H,12-13H2,1H3,(H,24,27)(H,25,26). The second-order valence-electron chi connectivity index (χ2n) is 5.99. The molecule has 3 aromatic rings. The number of nitriles is 1. The van der Waals surface area contributed by atoms with E-state index in [-0.39, 0.29) is 5.91 Å². The van der Waals surface area contributed by atoms with Crippen LogP contribution >= 0.6 is 0 Å². The number of rotatable bonds is 8. The van der Waals surface area contributed by atoms with Crippen LogP contribution in [0.4, 0.5) is 11.5 Å². The molecule has 0 spiro atoms. The molecule has 1 aromatic heterocycles. The van der Waals surface area contributed by atoms with Crippen molar-refractivity contribution in [1.82, 2.24) is 10.3 Å². The summed E-state index contributed by atoms with van der Waals surface area (Å²) >= 11 is 0. The highest BCUT2D eigenvalue weighted by Crippen LogP contribution is 2.19. The highest BCUT2D eigenvalue weighted by atomic mass is 16.5. The molecule has 7 heteroatoms. The predicted octanol–water partition coefficient (Wildman–Crippen LogP) is 3.51. The zero-order chi connectivity index (χ0) is 20.5. The van der Waals surface area contributed by atoms with Crippen LogP contribution < -0.4 is 20.1 Å². The average molecular weight is 388 g/mol. The fourth-order valence-corrected chi connectivity index (χ4v) is 2.54. The Morgan fingerprint density at radius 3 is 2.52 bits per heavy atom. The van der Waals surface area contributed by atoms with E-state index < -0.39 is 0 Å². The van der Waals surface area contributed by atoms with Crippen LogP contribution in [0.3, 0.4) is 0 Å². The van der Waals surface area contributed by atoms with E-state index in [0.717, 1.165) is 5.75 Å². The van der Waals surface area contributed by atoms with Gasteiger partial charge in [0.05, 0.1) is 30.5 Å². The first-order valence-corrected chi connectivity index (χ1v) is 8.97. The topological polar surface area (TPSA) is 96.3 Å². The Morgan fingerprint density at radius 1 is 1.07 bits per heavy atom. The number of hydrogen-bond acceptors (Lipinski definition) is 6. The van der Waals surface area contributed by atoms with E-state index in [9.17, 15) is 4.79 Å². The van der Waals surface area contributed by atoms with Crippen molar-refractivity contribution >= 4 is 17.4 Å². The van der Waals surface area contributed by atoms with Gasteiger partial charge in [0, 0.05) is 6.20 Å². The maximum Gasteiger partial charge on any atom is 0.252 e. The quantitative estimate of drug-likeness (QED) is 0.573. The summed E-state index contributed by atoms with van der Waals surface area (Å²) in [6, 6.07) is 19.9. The molecule has 0 saturated heterocycles. The average Bonchev–Trinajstić information content (AvgIpc) is 2.78. The van der Waals surface area contributed by atoms with Crippen LogP contribution in [-0.2, 0) is 0 Å². The van der Waals surface area contributed by atoms with E-state index in [1.165, 1.54) is 6.20 Å². The van der Waals surface area contributed by atoms with Crippen LogP contribution in [0.1, 0.15) is 15.9 Å². The fraction of sp³-hybridized carbons (Fsp3) is 0.136. The monoisotopic (exact) mass is 388 g/mol. The first-order chi connectivity index (χ1) is 14.2. The number of benzene rings is 2. The van der Waals surface area contributed by atoms with Gasteiger partial charge < -0.3 is 20.1 Å². The summed E-state index contributed by atoms with van der Waals surface area (Å²) in [5.74, 6) is 1.77. The van der Waals surface area contributed by atoms with Gasteiger partial charge in [-0.05, 0) is 48.5 Å². The van der Waals surface area contributed by atoms with Gasteiger partial charge in [0.25, 0.3) is 5.91 Å². The zero-order valence-corrected chi connectivity index (χ0v) is 15.9. The Hall–Kier alpha value is -4.05. The molecule has 1 heterocycles. The first kappa shape index (κ1) is 19.7.